The summed E-state index contributed by atoms with van der Waals surface area (Å²) in [7, 11) is 0. The normalized spacial score (nSPS) is 19.1. The third-order valence-corrected chi connectivity index (χ3v) is 6.13. The van der Waals surface area contributed by atoms with Crippen molar-refractivity contribution in [1.82, 2.24) is 15.1 Å². The molecular formula is C24H38N4O2. The highest BCUT2D eigenvalue weighted by Crippen LogP contribution is 2.26. The third kappa shape index (κ3) is 5.97. The molecule has 6 nitrogen and oxygen atoms in total. The summed E-state index contributed by atoms with van der Waals surface area (Å²) >= 11 is 0. The molecule has 2 aliphatic rings. The van der Waals surface area contributed by atoms with E-state index in [1.165, 1.54) is 0 Å². The summed E-state index contributed by atoms with van der Waals surface area (Å²) in [4.78, 5) is 32.2. The summed E-state index contributed by atoms with van der Waals surface area (Å²) in [5.41, 5.74) is 1.84. The van der Waals surface area contributed by atoms with Crippen LogP contribution in [0.25, 0.3) is 0 Å². The van der Waals surface area contributed by atoms with Crippen LogP contribution < -0.4 is 10.2 Å². The number of nitrogens with one attached hydrogen (secondary N) is 1. The third-order valence-electron chi connectivity index (χ3n) is 6.13. The predicted molar refractivity (Wildman–Crippen MR) is 122 cm³/mol. The van der Waals surface area contributed by atoms with Crippen LogP contribution in [0.4, 0.5) is 5.69 Å². The van der Waals surface area contributed by atoms with E-state index < -0.39 is 0 Å². The van der Waals surface area contributed by atoms with Crippen LogP contribution >= 0.6 is 0 Å². The van der Waals surface area contributed by atoms with Gasteiger partial charge in [0.05, 0.1) is 5.56 Å². The fraction of sp³-hybridized carbons (Fsp3) is 0.667. The topological polar surface area (TPSA) is 55.9 Å². The molecule has 1 aromatic carbocycles. The maximum Gasteiger partial charge on any atom is 0.256 e. The Morgan fingerprint density at radius 2 is 1.63 bits per heavy atom. The number of carbonyl (C=O) groups is 2. The zero-order chi connectivity index (χ0) is 21.7. The van der Waals surface area contributed by atoms with Gasteiger partial charge in [-0.25, -0.2) is 0 Å². The first-order chi connectivity index (χ1) is 14.3. The van der Waals surface area contributed by atoms with Crippen molar-refractivity contribution in [2.45, 2.75) is 53.0 Å². The lowest BCUT2D eigenvalue weighted by Gasteiger charge is -2.37. The molecule has 166 valence electrons. The summed E-state index contributed by atoms with van der Waals surface area (Å²) in [6, 6.07) is 8.22. The second kappa shape index (κ2) is 9.82. The molecule has 0 bridgehead atoms. The smallest absolute Gasteiger partial charge is 0.256 e. The number of rotatable bonds is 5. The predicted octanol–water partition coefficient (Wildman–Crippen LogP) is 2.99. The van der Waals surface area contributed by atoms with Gasteiger partial charge in [-0.15, -0.1) is 0 Å². The fourth-order valence-electron chi connectivity index (χ4n) is 4.39. The first kappa shape index (κ1) is 22.6. The molecule has 2 fully saturated rings. The largest absolute Gasteiger partial charge is 0.371 e. The number of benzene rings is 1. The number of amides is 2. The molecule has 2 heterocycles. The van der Waals surface area contributed by atoms with Gasteiger partial charge in [-0.2, -0.15) is 0 Å². The molecule has 3 rings (SSSR count). The van der Waals surface area contributed by atoms with Crippen molar-refractivity contribution in [3.05, 3.63) is 29.8 Å². The first-order valence-electron chi connectivity index (χ1n) is 11.4. The van der Waals surface area contributed by atoms with Crippen LogP contribution in [0, 0.1) is 5.41 Å². The van der Waals surface area contributed by atoms with Crippen LogP contribution in [0.1, 0.15) is 57.3 Å². The van der Waals surface area contributed by atoms with Crippen LogP contribution in [0.5, 0.6) is 0 Å². The zero-order valence-corrected chi connectivity index (χ0v) is 19.1. The van der Waals surface area contributed by atoms with E-state index in [-0.39, 0.29) is 23.3 Å². The van der Waals surface area contributed by atoms with Crippen molar-refractivity contribution >= 4 is 17.5 Å². The standard InChI is InChI=1S/C24H38N4O2/c1-5-26-14-16-28(17-15-26)23(30)20-8-6-7-9-21(20)27-12-10-19(11-13-27)25-22(29)18-24(2,3)4/h6-9,19H,5,10-18H2,1-4H3,(H,25,29). The minimum absolute atomic E-state index is 0.00665. The Labute approximate surface area is 181 Å². The highest BCUT2D eigenvalue weighted by atomic mass is 16.2. The van der Waals surface area contributed by atoms with E-state index in [4.69, 9.17) is 0 Å². The number of likely N-dealkylation sites (N-methyl/N-ethyl adjacent to an activating group) is 1. The Kier molecular flexibility index (Phi) is 7.40. The molecule has 1 aromatic rings. The van der Waals surface area contributed by atoms with Gasteiger partial charge < -0.3 is 20.0 Å². The lowest BCUT2D eigenvalue weighted by molar-refractivity contribution is -0.123. The van der Waals surface area contributed by atoms with Gasteiger partial charge in [-0.3, -0.25) is 9.59 Å². The summed E-state index contributed by atoms with van der Waals surface area (Å²) < 4.78 is 0. The molecule has 2 amide bonds. The molecule has 0 radical (unpaired) electrons. The molecule has 0 unspecified atom stereocenters. The van der Waals surface area contributed by atoms with Crippen molar-refractivity contribution in [2.75, 3.05) is 50.7 Å². The monoisotopic (exact) mass is 414 g/mol. The highest BCUT2D eigenvalue weighted by molar-refractivity contribution is 6.00. The molecular weight excluding hydrogens is 376 g/mol. The van der Waals surface area contributed by atoms with Crippen molar-refractivity contribution in [3.63, 3.8) is 0 Å². The Balaban J connectivity index is 1.59. The lowest BCUT2D eigenvalue weighted by atomic mass is 9.91. The molecule has 0 saturated carbocycles. The summed E-state index contributed by atoms with van der Waals surface area (Å²) in [6.45, 7) is 14.7. The van der Waals surface area contributed by atoms with Gasteiger partial charge in [-0.05, 0) is 36.9 Å². The minimum Gasteiger partial charge on any atom is -0.371 e. The molecule has 2 saturated heterocycles. The highest BCUT2D eigenvalue weighted by Gasteiger charge is 2.27. The number of piperidine rings is 1. The van der Waals surface area contributed by atoms with Gasteiger partial charge in [-0.1, -0.05) is 39.8 Å². The van der Waals surface area contributed by atoms with Crippen LogP contribution in [0.3, 0.4) is 0 Å². The van der Waals surface area contributed by atoms with Crippen molar-refractivity contribution in [2.24, 2.45) is 5.41 Å². The molecule has 2 aliphatic heterocycles. The molecule has 1 N–H and O–H groups in total. The van der Waals surface area contributed by atoms with Crippen molar-refractivity contribution in [3.8, 4) is 0 Å². The van der Waals surface area contributed by atoms with Gasteiger partial charge >= 0.3 is 0 Å². The van der Waals surface area contributed by atoms with Crippen LogP contribution in [0.15, 0.2) is 24.3 Å². The van der Waals surface area contributed by atoms with E-state index in [0.717, 1.165) is 69.9 Å². The van der Waals surface area contributed by atoms with Crippen LogP contribution in [-0.4, -0.2) is 73.5 Å². The van der Waals surface area contributed by atoms with Gasteiger partial charge in [0.1, 0.15) is 0 Å². The van der Waals surface area contributed by atoms with E-state index in [1.54, 1.807) is 0 Å². The molecule has 0 aromatic heterocycles. The van der Waals surface area contributed by atoms with E-state index >= 15 is 0 Å². The van der Waals surface area contributed by atoms with Crippen molar-refractivity contribution < 1.29 is 9.59 Å². The quantitative estimate of drug-likeness (QED) is 0.805. The van der Waals surface area contributed by atoms with Crippen LogP contribution in [0.2, 0.25) is 0 Å². The van der Waals surface area contributed by atoms with Gasteiger partial charge in [0.15, 0.2) is 0 Å². The minimum atomic E-state index is 0.00665. The van der Waals surface area contributed by atoms with E-state index in [1.807, 2.05) is 23.1 Å². The first-order valence-corrected chi connectivity index (χ1v) is 11.4. The number of piperazine rings is 1. The second-order valence-corrected chi connectivity index (χ2v) is 9.81. The van der Waals surface area contributed by atoms with E-state index in [9.17, 15) is 9.59 Å². The zero-order valence-electron chi connectivity index (χ0n) is 19.1. The number of carbonyl (C=O) groups excluding carboxylic acids is 2. The Morgan fingerprint density at radius 1 is 1.00 bits per heavy atom. The Bertz CT molecular complexity index is 727. The van der Waals surface area contributed by atoms with Gasteiger partial charge in [0.25, 0.3) is 5.91 Å². The van der Waals surface area contributed by atoms with E-state index in [0.29, 0.717) is 6.42 Å². The SMILES string of the molecule is CCN1CCN(C(=O)c2ccccc2N2CCC(NC(=O)CC(C)(C)C)CC2)CC1. The van der Waals surface area contributed by atoms with E-state index in [2.05, 4.69) is 48.9 Å². The number of nitrogens with zero attached hydrogens (tertiary/aromatic N) is 3. The number of anilines is 1. The Morgan fingerprint density at radius 3 is 2.23 bits per heavy atom. The average Bonchev–Trinajstić information content (AvgIpc) is 2.72. The number of para-hydroxylation sites is 1. The molecule has 0 spiro atoms. The molecule has 0 atom stereocenters. The maximum atomic E-state index is 13.2. The maximum absolute atomic E-state index is 13.2. The average molecular weight is 415 g/mol. The second-order valence-electron chi connectivity index (χ2n) is 9.81. The summed E-state index contributed by atoms with van der Waals surface area (Å²) in [6.07, 6.45) is 2.37. The fourth-order valence-corrected chi connectivity index (χ4v) is 4.39. The summed E-state index contributed by atoms with van der Waals surface area (Å²) in [5, 5.41) is 3.20. The molecule has 0 aliphatic carbocycles. The molecule has 6 heteroatoms. The number of hydrogen-bond donors (Lipinski definition) is 1. The van der Waals surface area contributed by atoms with Crippen molar-refractivity contribution in [1.29, 1.82) is 0 Å². The Hall–Kier alpha value is -2.08. The van der Waals surface area contributed by atoms with Crippen LogP contribution in [-0.2, 0) is 4.79 Å². The van der Waals surface area contributed by atoms with Gasteiger partial charge in [0, 0.05) is 57.4 Å². The summed E-state index contributed by atoms with van der Waals surface area (Å²) in [5.74, 6) is 0.282. The lowest BCUT2D eigenvalue weighted by Crippen LogP contribution is -2.49. The van der Waals surface area contributed by atoms with Gasteiger partial charge in [0.2, 0.25) is 5.91 Å². The number of hydrogen-bond acceptors (Lipinski definition) is 4. The molecule has 30 heavy (non-hydrogen) atoms.